The predicted octanol–water partition coefficient (Wildman–Crippen LogP) is 2.18. The van der Waals surface area contributed by atoms with Gasteiger partial charge >= 0.3 is 5.69 Å². The summed E-state index contributed by atoms with van der Waals surface area (Å²) in [5, 5.41) is 14.1. The zero-order valence-electron chi connectivity index (χ0n) is 10.6. The third-order valence-electron chi connectivity index (χ3n) is 3.17. The van der Waals surface area contributed by atoms with Crippen LogP contribution in [0.2, 0.25) is 0 Å². The van der Waals surface area contributed by atoms with Crippen LogP contribution in [0.3, 0.4) is 0 Å². The molecule has 0 saturated carbocycles. The normalized spacial score (nSPS) is 15.6. The Morgan fingerprint density at radius 1 is 1.47 bits per heavy atom. The number of aromatic nitrogens is 1. The molecule has 1 aromatic heterocycles. The average Bonchev–Trinajstić information content (AvgIpc) is 2.40. The zero-order chi connectivity index (χ0) is 12.8. The van der Waals surface area contributed by atoms with Crippen molar-refractivity contribution in [1.82, 2.24) is 10.3 Å². The van der Waals surface area contributed by atoms with Crippen molar-refractivity contribution < 1.29 is 9.66 Å². The maximum Gasteiger partial charge on any atom is 0.330 e. The first-order valence-electron chi connectivity index (χ1n) is 6.20. The van der Waals surface area contributed by atoms with Crippen LogP contribution in [0.15, 0.2) is 18.3 Å². The highest BCUT2D eigenvalue weighted by molar-refractivity contribution is 5.85. The number of hydrogen-bond donors (Lipinski definition) is 1. The number of halogens is 1. The minimum atomic E-state index is -0.465. The standard InChI is InChI=1S/C12H17N3O3.ClH/c16-15(17)11-2-1-6-14-12(11)18-9-5-10-3-7-13-8-4-10;/h1-2,6,10,13H,3-5,7-9H2;1H. The quantitative estimate of drug-likeness (QED) is 0.663. The lowest BCUT2D eigenvalue weighted by Crippen LogP contribution is -2.28. The molecule has 1 fully saturated rings. The van der Waals surface area contributed by atoms with Gasteiger partial charge in [-0.15, -0.1) is 12.4 Å². The van der Waals surface area contributed by atoms with Crippen molar-refractivity contribution in [2.75, 3.05) is 19.7 Å². The van der Waals surface area contributed by atoms with Gasteiger partial charge in [-0.3, -0.25) is 10.1 Å². The number of nitrogens with zero attached hydrogens (tertiary/aromatic N) is 2. The van der Waals surface area contributed by atoms with Crippen LogP contribution in [0.5, 0.6) is 5.88 Å². The van der Waals surface area contributed by atoms with Gasteiger partial charge in [-0.2, -0.15) is 0 Å². The van der Waals surface area contributed by atoms with Crippen LogP contribution < -0.4 is 10.1 Å². The summed E-state index contributed by atoms with van der Waals surface area (Å²) in [7, 11) is 0. The highest BCUT2D eigenvalue weighted by atomic mass is 35.5. The van der Waals surface area contributed by atoms with Crippen LogP contribution in [-0.4, -0.2) is 29.6 Å². The molecule has 0 bridgehead atoms. The smallest absolute Gasteiger partial charge is 0.330 e. The first-order chi connectivity index (χ1) is 8.77. The van der Waals surface area contributed by atoms with Gasteiger partial charge in [0.05, 0.1) is 11.5 Å². The number of rotatable bonds is 5. The molecule has 6 nitrogen and oxygen atoms in total. The number of ether oxygens (including phenoxy) is 1. The van der Waals surface area contributed by atoms with Gasteiger partial charge in [-0.05, 0) is 44.3 Å². The van der Waals surface area contributed by atoms with Gasteiger partial charge in [-0.1, -0.05) is 0 Å². The fourth-order valence-electron chi connectivity index (χ4n) is 2.13. The molecule has 0 atom stereocenters. The van der Waals surface area contributed by atoms with Gasteiger partial charge in [0, 0.05) is 12.3 Å². The first kappa shape index (κ1) is 15.7. The SMILES string of the molecule is Cl.O=[N+]([O-])c1cccnc1OCCC1CCNCC1. The zero-order valence-corrected chi connectivity index (χ0v) is 11.4. The molecule has 1 aliphatic heterocycles. The number of pyridine rings is 1. The van der Waals surface area contributed by atoms with Crippen LogP contribution in [0.25, 0.3) is 0 Å². The molecule has 0 radical (unpaired) electrons. The summed E-state index contributed by atoms with van der Waals surface area (Å²) >= 11 is 0. The van der Waals surface area contributed by atoms with Gasteiger partial charge in [0.15, 0.2) is 0 Å². The van der Waals surface area contributed by atoms with E-state index in [1.807, 2.05) is 0 Å². The third-order valence-corrected chi connectivity index (χ3v) is 3.17. The van der Waals surface area contributed by atoms with Crippen molar-refractivity contribution in [3.05, 3.63) is 28.4 Å². The first-order valence-corrected chi connectivity index (χ1v) is 6.20. The van der Waals surface area contributed by atoms with Crippen molar-refractivity contribution in [3.63, 3.8) is 0 Å². The van der Waals surface area contributed by atoms with Crippen molar-refractivity contribution in [2.45, 2.75) is 19.3 Å². The van der Waals surface area contributed by atoms with Crippen LogP contribution in [0, 0.1) is 16.0 Å². The highest BCUT2D eigenvalue weighted by Gasteiger charge is 2.17. The molecular weight excluding hydrogens is 270 g/mol. The summed E-state index contributed by atoms with van der Waals surface area (Å²) in [6.07, 6.45) is 4.73. The number of hydrogen-bond acceptors (Lipinski definition) is 5. The number of piperidine rings is 1. The van der Waals surface area contributed by atoms with Crippen LogP contribution in [-0.2, 0) is 0 Å². The molecule has 1 N–H and O–H groups in total. The number of nitro groups is 1. The molecular formula is C12H18ClN3O3. The van der Waals surface area contributed by atoms with E-state index in [4.69, 9.17) is 4.74 Å². The molecule has 1 saturated heterocycles. The summed E-state index contributed by atoms with van der Waals surface area (Å²) in [5.41, 5.74) is -0.0668. The predicted molar refractivity (Wildman–Crippen MR) is 73.8 cm³/mol. The topological polar surface area (TPSA) is 77.3 Å². The monoisotopic (exact) mass is 287 g/mol. The van der Waals surface area contributed by atoms with E-state index in [1.165, 1.54) is 18.3 Å². The van der Waals surface area contributed by atoms with Crippen molar-refractivity contribution in [1.29, 1.82) is 0 Å². The van der Waals surface area contributed by atoms with Crippen molar-refractivity contribution in [3.8, 4) is 5.88 Å². The Morgan fingerprint density at radius 2 is 2.21 bits per heavy atom. The molecule has 0 aliphatic carbocycles. The lowest BCUT2D eigenvalue weighted by Gasteiger charge is -2.22. The summed E-state index contributed by atoms with van der Waals surface area (Å²) in [5.74, 6) is 0.769. The molecule has 1 aliphatic rings. The van der Waals surface area contributed by atoms with E-state index in [9.17, 15) is 10.1 Å². The molecule has 7 heteroatoms. The van der Waals surface area contributed by atoms with Crippen LogP contribution >= 0.6 is 12.4 Å². The summed E-state index contributed by atoms with van der Waals surface area (Å²) < 4.78 is 5.43. The maximum atomic E-state index is 10.8. The van der Waals surface area contributed by atoms with Gasteiger partial charge in [0.25, 0.3) is 5.88 Å². The molecule has 0 spiro atoms. The Kier molecular flexibility index (Phi) is 6.52. The molecule has 19 heavy (non-hydrogen) atoms. The molecule has 0 aromatic carbocycles. The number of nitrogens with one attached hydrogen (secondary N) is 1. The fourth-order valence-corrected chi connectivity index (χ4v) is 2.13. The minimum absolute atomic E-state index is 0. The molecule has 0 amide bonds. The molecule has 0 unspecified atom stereocenters. The summed E-state index contributed by atoms with van der Waals surface area (Å²) in [4.78, 5) is 14.2. The third kappa shape index (κ3) is 4.65. The van der Waals surface area contributed by atoms with Crippen LogP contribution in [0.4, 0.5) is 5.69 Å². The van der Waals surface area contributed by atoms with Gasteiger partial charge in [0.1, 0.15) is 0 Å². The van der Waals surface area contributed by atoms with E-state index in [-0.39, 0.29) is 24.0 Å². The second-order valence-corrected chi connectivity index (χ2v) is 4.42. The van der Waals surface area contributed by atoms with E-state index >= 15 is 0 Å². The Hall–Kier alpha value is -1.40. The maximum absolute atomic E-state index is 10.8. The Morgan fingerprint density at radius 3 is 2.89 bits per heavy atom. The Balaban J connectivity index is 0.00000180. The van der Waals surface area contributed by atoms with E-state index in [1.54, 1.807) is 0 Å². The molecule has 106 valence electrons. The fraction of sp³-hybridized carbons (Fsp3) is 0.583. The summed E-state index contributed by atoms with van der Waals surface area (Å²) in [6, 6.07) is 2.95. The van der Waals surface area contributed by atoms with Crippen molar-refractivity contribution >= 4 is 18.1 Å². The summed E-state index contributed by atoms with van der Waals surface area (Å²) in [6.45, 7) is 2.59. The van der Waals surface area contributed by atoms with Crippen LogP contribution in [0.1, 0.15) is 19.3 Å². The van der Waals surface area contributed by atoms with E-state index in [0.29, 0.717) is 12.5 Å². The van der Waals surface area contributed by atoms with E-state index in [2.05, 4.69) is 10.3 Å². The average molecular weight is 288 g/mol. The Labute approximate surface area is 118 Å². The molecule has 2 rings (SSSR count). The van der Waals surface area contributed by atoms with Gasteiger partial charge in [0.2, 0.25) is 0 Å². The lowest BCUT2D eigenvalue weighted by atomic mass is 9.95. The second-order valence-electron chi connectivity index (χ2n) is 4.42. The largest absolute Gasteiger partial charge is 0.473 e. The second kappa shape index (κ2) is 7.91. The molecule has 2 heterocycles. The lowest BCUT2D eigenvalue weighted by molar-refractivity contribution is -0.386. The highest BCUT2D eigenvalue weighted by Crippen LogP contribution is 2.24. The Bertz CT molecular complexity index is 411. The molecule has 1 aromatic rings. The van der Waals surface area contributed by atoms with Crippen molar-refractivity contribution in [2.24, 2.45) is 5.92 Å². The minimum Gasteiger partial charge on any atom is -0.473 e. The van der Waals surface area contributed by atoms with E-state index in [0.717, 1.165) is 32.4 Å². The van der Waals surface area contributed by atoms with Gasteiger partial charge in [-0.25, -0.2) is 4.98 Å². The van der Waals surface area contributed by atoms with Gasteiger partial charge < -0.3 is 10.1 Å². The van der Waals surface area contributed by atoms with E-state index < -0.39 is 4.92 Å².